The monoisotopic (exact) mass is 298 g/mol. The van der Waals surface area contributed by atoms with Crippen molar-refractivity contribution in [1.29, 1.82) is 0 Å². The second kappa shape index (κ2) is 3.52. The Hall–Kier alpha value is -2.12. The molecule has 0 N–H and O–H groups in total. The Bertz CT molecular complexity index is 927. The van der Waals surface area contributed by atoms with Gasteiger partial charge < -0.3 is 4.74 Å². The first kappa shape index (κ1) is 12.3. The molecule has 4 atom stereocenters. The first-order valence-corrected chi connectivity index (χ1v) is 8.44. The van der Waals surface area contributed by atoms with Gasteiger partial charge in [-0.3, -0.25) is 0 Å². The molecule has 0 aromatic carbocycles. The van der Waals surface area contributed by atoms with Crippen molar-refractivity contribution < 1.29 is 4.74 Å². The zero-order valence-electron chi connectivity index (χ0n) is 13.3. The standard InChI is InChI=1S/C22H18O/c1-21-13-4-3-5-14(21)8-9-17-20-16(18-10-11-19(20)23-18)12-15(7-6-13)22(17,21)2/h3-12,18-19H,1-2H3/t18-,19+,21+,22+/m1/s1. The third-order valence-electron chi connectivity index (χ3n) is 6.95. The quantitative estimate of drug-likeness (QED) is 0.598. The van der Waals surface area contributed by atoms with Crippen molar-refractivity contribution in [3.05, 3.63) is 94.2 Å². The van der Waals surface area contributed by atoms with Gasteiger partial charge in [-0.15, -0.1) is 0 Å². The minimum absolute atomic E-state index is 0.0104. The number of fused-ring (bicyclic) bond motifs is 5. The van der Waals surface area contributed by atoms with E-state index in [4.69, 9.17) is 4.74 Å². The molecule has 0 aromatic heterocycles. The number of ether oxygens (including phenoxy) is 1. The minimum Gasteiger partial charge on any atom is -0.357 e. The Morgan fingerprint density at radius 1 is 0.826 bits per heavy atom. The molecule has 112 valence electrons. The molecule has 23 heavy (non-hydrogen) atoms. The molecule has 4 aliphatic carbocycles. The average molecular weight is 298 g/mol. The first-order valence-electron chi connectivity index (χ1n) is 8.44. The molecule has 1 nitrogen and oxygen atoms in total. The molecule has 6 rings (SSSR count). The summed E-state index contributed by atoms with van der Waals surface area (Å²) in [6.45, 7) is 4.83. The molecule has 1 fully saturated rings. The minimum atomic E-state index is -0.0110. The van der Waals surface area contributed by atoms with Gasteiger partial charge in [-0.1, -0.05) is 74.6 Å². The number of hydrogen-bond donors (Lipinski definition) is 0. The molecule has 0 radical (unpaired) electrons. The lowest BCUT2D eigenvalue weighted by molar-refractivity contribution is 0.138. The van der Waals surface area contributed by atoms with Crippen LogP contribution in [0.15, 0.2) is 94.2 Å². The highest BCUT2D eigenvalue weighted by atomic mass is 16.5. The first-order chi connectivity index (χ1) is 11.1. The number of allylic oxidation sites excluding steroid dienone is 12. The molecule has 0 unspecified atom stereocenters. The summed E-state index contributed by atoms with van der Waals surface area (Å²) in [6, 6.07) is 0. The lowest BCUT2D eigenvalue weighted by Crippen LogP contribution is -2.48. The Balaban J connectivity index is 1.76. The van der Waals surface area contributed by atoms with E-state index >= 15 is 0 Å². The van der Waals surface area contributed by atoms with E-state index in [2.05, 4.69) is 74.6 Å². The van der Waals surface area contributed by atoms with Crippen LogP contribution >= 0.6 is 0 Å². The smallest absolute Gasteiger partial charge is 0.103 e. The topological polar surface area (TPSA) is 9.23 Å². The second-order valence-electron chi connectivity index (χ2n) is 7.60. The van der Waals surface area contributed by atoms with E-state index in [1.165, 1.54) is 33.4 Å². The zero-order chi connectivity index (χ0) is 15.4. The van der Waals surface area contributed by atoms with Crippen LogP contribution in [0.3, 0.4) is 0 Å². The van der Waals surface area contributed by atoms with E-state index in [-0.39, 0.29) is 23.0 Å². The molecular formula is C22H18O. The lowest BCUT2D eigenvalue weighted by atomic mass is 9.45. The number of hydrogen-bond acceptors (Lipinski definition) is 1. The molecule has 2 aliphatic heterocycles. The van der Waals surface area contributed by atoms with Gasteiger partial charge in [0, 0.05) is 10.8 Å². The molecule has 0 saturated carbocycles. The maximum Gasteiger partial charge on any atom is 0.103 e. The fourth-order valence-electron chi connectivity index (χ4n) is 5.47. The fraction of sp³-hybridized carbons (Fsp3) is 0.273. The Morgan fingerprint density at radius 3 is 2.52 bits per heavy atom. The Labute approximate surface area is 136 Å². The average Bonchev–Trinajstić information content (AvgIpc) is 3.14. The Kier molecular flexibility index (Phi) is 1.88. The van der Waals surface area contributed by atoms with Gasteiger partial charge in [0.2, 0.25) is 0 Å². The van der Waals surface area contributed by atoms with Gasteiger partial charge in [0.1, 0.15) is 12.2 Å². The van der Waals surface area contributed by atoms with Gasteiger partial charge in [0.25, 0.3) is 0 Å². The molecule has 6 aliphatic rings. The van der Waals surface area contributed by atoms with Crippen LogP contribution in [0.1, 0.15) is 13.8 Å². The van der Waals surface area contributed by atoms with Gasteiger partial charge >= 0.3 is 0 Å². The van der Waals surface area contributed by atoms with Gasteiger partial charge in [0.15, 0.2) is 0 Å². The van der Waals surface area contributed by atoms with E-state index in [0.29, 0.717) is 0 Å². The maximum absolute atomic E-state index is 6.14. The van der Waals surface area contributed by atoms with Gasteiger partial charge in [-0.05, 0) is 33.4 Å². The molecule has 0 spiro atoms. The third kappa shape index (κ3) is 1.10. The predicted molar refractivity (Wildman–Crippen MR) is 91.7 cm³/mol. The van der Waals surface area contributed by atoms with Crippen LogP contribution < -0.4 is 0 Å². The van der Waals surface area contributed by atoms with Crippen LogP contribution in [0.25, 0.3) is 0 Å². The summed E-state index contributed by atoms with van der Waals surface area (Å²) >= 11 is 0. The van der Waals surface area contributed by atoms with Crippen molar-refractivity contribution in [3.63, 3.8) is 0 Å². The summed E-state index contributed by atoms with van der Waals surface area (Å²) in [5.41, 5.74) is 8.51. The second-order valence-corrected chi connectivity index (χ2v) is 7.60. The van der Waals surface area contributed by atoms with Crippen molar-refractivity contribution in [2.45, 2.75) is 26.1 Å². The summed E-state index contributed by atoms with van der Waals surface area (Å²) in [5, 5.41) is 0. The lowest BCUT2D eigenvalue weighted by Gasteiger charge is -2.56. The highest BCUT2D eigenvalue weighted by Crippen LogP contribution is 2.67. The van der Waals surface area contributed by atoms with Crippen LogP contribution in [-0.2, 0) is 4.74 Å². The fourth-order valence-corrected chi connectivity index (χ4v) is 5.47. The Morgan fingerprint density at radius 2 is 1.61 bits per heavy atom. The summed E-state index contributed by atoms with van der Waals surface area (Å²) in [6.07, 6.45) is 23.2. The van der Waals surface area contributed by atoms with E-state index in [0.717, 1.165) is 0 Å². The summed E-state index contributed by atoms with van der Waals surface area (Å²) < 4.78 is 6.14. The highest BCUT2D eigenvalue weighted by Gasteiger charge is 2.58. The summed E-state index contributed by atoms with van der Waals surface area (Å²) in [4.78, 5) is 0. The maximum atomic E-state index is 6.14. The van der Waals surface area contributed by atoms with Crippen LogP contribution in [0.4, 0.5) is 0 Å². The van der Waals surface area contributed by atoms with E-state index in [1.807, 2.05) is 0 Å². The van der Waals surface area contributed by atoms with Crippen molar-refractivity contribution >= 4 is 0 Å². The van der Waals surface area contributed by atoms with Crippen molar-refractivity contribution in [1.82, 2.24) is 0 Å². The van der Waals surface area contributed by atoms with Crippen LogP contribution in [0.5, 0.6) is 0 Å². The molecule has 0 aromatic rings. The molecule has 2 heterocycles. The van der Waals surface area contributed by atoms with Crippen molar-refractivity contribution in [3.8, 4) is 0 Å². The molecular weight excluding hydrogens is 280 g/mol. The van der Waals surface area contributed by atoms with Gasteiger partial charge in [-0.25, -0.2) is 0 Å². The van der Waals surface area contributed by atoms with Gasteiger partial charge in [0.05, 0.1) is 0 Å². The van der Waals surface area contributed by atoms with Crippen LogP contribution in [0.2, 0.25) is 0 Å². The van der Waals surface area contributed by atoms with E-state index < -0.39 is 0 Å². The van der Waals surface area contributed by atoms with Gasteiger partial charge in [-0.2, -0.15) is 0 Å². The summed E-state index contributed by atoms with van der Waals surface area (Å²) in [7, 11) is 0. The van der Waals surface area contributed by atoms with E-state index in [9.17, 15) is 0 Å². The van der Waals surface area contributed by atoms with E-state index in [1.54, 1.807) is 0 Å². The SMILES string of the molecule is C[C@@]12C3=CC=CC1=CC=C1C=C4C(=C(C=C3)[C@]12C)[C@@H]1C=C[C@H]4O1. The largest absolute Gasteiger partial charge is 0.357 e. The third-order valence-corrected chi connectivity index (χ3v) is 6.95. The summed E-state index contributed by atoms with van der Waals surface area (Å²) in [5.74, 6) is 0. The van der Waals surface area contributed by atoms with Crippen molar-refractivity contribution in [2.24, 2.45) is 10.8 Å². The number of rotatable bonds is 0. The molecule has 0 amide bonds. The highest BCUT2D eigenvalue weighted by molar-refractivity contribution is 5.72. The van der Waals surface area contributed by atoms with Crippen molar-refractivity contribution in [2.75, 3.05) is 0 Å². The normalized spacial score (nSPS) is 43.7. The molecule has 1 heteroatoms. The zero-order valence-corrected chi connectivity index (χ0v) is 13.3. The van der Waals surface area contributed by atoms with Crippen LogP contribution in [-0.4, -0.2) is 12.2 Å². The predicted octanol–water partition coefficient (Wildman–Crippen LogP) is 4.51. The molecule has 2 bridgehead atoms. The van der Waals surface area contributed by atoms with Crippen LogP contribution in [0, 0.1) is 10.8 Å². The molecule has 1 saturated heterocycles.